The fourth-order valence-electron chi connectivity index (χ4n) is 4.48. The van der Waals surface area contributed by atoms with Crippen molar-refractivity contribution in [2.75, 3.05) is 38.8 Å². The fourth-order valence-corrected chi connectivity index (χ4v) is 4.48. The van der Waals surface area contributed by atoms with E-state index in [4.69, 9.17) is 14.2 Å². The molecular formula is C25H25NO3. The van der Waals surface area contributed by atoms with E-state index in [0.29, 0.717) is 6.61 Å². The molecule has 2 atom stereocenters. The number of anilines is 1. The van der Waals surface area contributed by atoms with Crippen molar-refractivity contribution in [2.24, 2.45) is 0 Å². The van der Waals surface area contributed by atoms with Crippen LogP contribution >= 0.6 is 0 Å². The molecule has 3 aromatic carbocycles. The summed E-state index contributed by atoms with van der Waals surface area (Å²) in [5, 5.41) is 0. The van der Waals surface area contributed by atoms with Gasteiger partial charge in [0.2, 0.25) is 0 Å². The molecule has 0 saturated heterocycles. The van der Waals surface area contributed by atoms with E-state index < -0.39 is 0 Å². The van der Waals surface area contributed by atoms with Crippen LogP contribution in [0.1, 0.15) is 28.5 Å². The number of benzene rings is 3. The van der Waals surface area contributed by atoms with Gasteiger partial charge in [-0.1, -0.05) is 36.4 Å². The molecule has 4 heteroatoms. The Morgan fingerprint density at radius 3 is 2.55 bits per heavy atom. The molecule has 3 aromatic rings. The Morgan fingerprint density at radius 1 is 0.897 bits per heavy atom. The average Bonchev–Trinajstić information content (AvgIpc) is 2.78. The van der Waals surface area contributed by atoms with Crippen LogP contribution in [0.25, 0.3) is 0 Å². The van der Waals surface area contributed by atoms with Crippen LogP contribution in [0, 0.1) is 0 Å². The zero-order valence-electron chi connectivity index (χ0n) is 16.8. The summed E-state index contributed by atoms with van der Waals surface area (Å²) in [4.78, 5) is 2.27. The van der Waals surface area contributed by atoms with Gasteiger partial charge in [-0.25, -0.2) is 0 Å². The molecule has 0 aliphatic carbocycles. The van der Waals surface area contributed by atoms with E-state index >= 15 is 0 Å². The van der Waals surface area contributed by atoms with E-state index in [1.807, 2.05) is 12.1 Å². The number of hydrogen-bond donors (Lipinski definition) is 0. The Kier molecular flexibility index (Phi) is 4.55. The quantitative estimate of drug-likeness (QED) is 0.644. The van der Waals surface area contributed by atoms with Crippen molar-refractivity contribution in [1.82, 2.24) is 0 Å². The summed E-state index contributed by atoms with van der Waals surface area (Å²) >= 11 is 0. The van der Waals surface area contributed by atoms with Crippen LogP contribution in [0.5, 0.6) is 17.2 Å². The largest absolute Gasteiger partial charge is 0.497 e. The van der Waals surface area contributed by atoms with Crippen LogP contribution in [0.4, 0.5) is 5.69 Å². The number of nitrogens with zero attached hydrogens (tertiary/aromatic N) is 1. The first-order valence-electron chi connectivity index (χ1n) is 10.1. The topological polar surface area (TPSA) is 30.9 Å². The molecule has 29 heavy (non-hydrogen) atoms. The van der Waals surface area contributed by atoms with Crippen LogP contribution in [-0.2, 0) is 0 Å². The van der Waals surface area contributed by atoms with Crippen molar-refractivity contribution >= 4 is 5.69 Å². The number of rotatable bonds is 3. The van der Waals surface area contributed by atoms with E-state index in [0.717, 1.165) is 36.1 Å². The SMILES string of the molecule is COc1ccc2c(c1)C(c1ccc3c(c1)N(C)CCO3)C(c1ccccc1)CO2. The van der Waals surface area contributed by atoms with Crippen molar-refractivity contribution < 1.29 is 14.2 Å². The Bertz CT molecular complexity index is 1020. The number of fused-ring (bicyclic) bond motifs is 2. The summed E-state index contributed by atoms with van der Waals surface area (Å²) < 4.78 is 17.6. The summed E-state index contributed by atoms with van der Waals surface area (Å²) in [7, 11) is 3.83. The maximum atomic E-state index is 6.18. The first-order chi connectivity index (χ1) is 14.2. The summed E-state index contributed by atoms with van der Waals surface area (Å²) in [5.41, 5.74) is 4.88. The Labute approximate surface area is 171 Å². The first-order valence-corrected chi connectivity index (χ1v) is 10.1. The molecular weight excluding hydrogens is 362 g/mol. The lowest BCUT2D eigenvalue weighted by Crippen LogP contribution is -2.29. The third-order valence-electron chi connectivity index (χ3n) is 6.04. The van der Waals surface area contributed by atoms with Gasteiger partial charge in [0.05, 0.1) is 25.9 Å². The van der Waals surface area contributed by atoms with Crippen molar-refractivity contribution in [2.45, 2.75) is 11.8 Å². The maximum Gasteiger partial charge on any atom is 0.142 e. The zero-order chi connectivity index (χ0) is 19.8. The lowest BCUT2D eigenvalue weighted by molar-refractivity contribution is 0.248. The molecule has 4 nitrogen and oxygen atoms in total. The van der Waals surface area contributed by atoms with E-state index in [9.17, 15) is 0 Å². The molecule has 0 fully saturated rings. The minimum Gasteiger partial charge on any atom is -0.497 e. The lowest BCUT2D eigenvalue weighted by Gasteiger charge is -2.36. The first kappa shape index (κ1) is 17.9. The summed E-state index contributed by atoms with van der Waals surface area (Å²) in [5.74, 6) is 3.15. The Morgan fingerprint density at radius 2 is 1.72 bits per heavy atom. The van der Waals surface area contributed by atoms with Gasteiger partial charge >= 0.3 is 0 Å². The van der Waals surface area contributed by atoms with Gasteiger partial charge in [-0.05, 0) is 41.5 Å². The molecule has 0 radical (unpaired) electrons. The van der Waals surface area contributed by atoms with E-state index in [-0.39, 0.29) is 11.8 Å². The van der Waals surface area contributed by atoms with Crippen LogP contribution in [0.2, 0.25) is 0 Å². The molecule has 0 aromatic heterocycles. The van der Waals surface area contributed by atoms with Gasteiger partial charge < -0.3 is 19.1 Å². The molecule has 148 valence electrons. The highest BCUT2D eigenvalue weighted by Crippen LogP contribution is 2.48. The molecule has 0 bridgehead atoms. The number of likely N-dealkylation sites (N-methyl/N-ethyl adjacent to an activating group) is 1. The molecule has 2 unspecified atom stereocenters. The van der Waals surface area contributed by atoms with Gasteiger partial charge in [0.15, 0.2) is 0 Å². The van der Waals surface area contributed by atoms with Gasteiger partial charge in [0, 0.05) is 24.4 Å². The molecule has 2 aliphatic rings. The highest BCUT2D eigenvalue weighted by atomic mass is 16.5. The van der Waals surface area contributed by atoms with Crippen LogP contribution < -0.4 is 19.1 Å². The van der Waals surface area contributed by atoms with Gasteiger partial charge in [0.1, 0.15) is 23.9 Å². The summed E-state index contributed by atoms with van der Waals surface area (Å²) in [6, 6.07) is 23.3. The van der Waals surface area contributed by atoms with Crippen molar-refractivity contribution in [3.8, 4) is 17.2 Å². The highest BCUT2D eigenvalue weighted by Gasteiger charge is 2.34. The highest BCUT2D eigenvalue weighted by molar-refractivity contribution is 5.63. The molecule has 5 rings (SSSR count). The Hall–Kier alpha value is -3.14. The fraction of sp³-hybridized carbons (Fsp3) is 0.280. The predicted molar refractivity (Wildman–Crippen MR) is 115 cm³/mol. The normalized spacial score (nSPS) is 20.1. The van der Waals surface area contributed by atoms with Crippen LogP contribution in [0.15, 0.2) is 66.7 Å². The van der Waals surface area contributed by atoms with Crippen molar-refractivity contribution in [3.63, 3.8) is 0 Å². The van der Waals surface area contributed by atoms with Gasteiger partial charge in [-0.3, -0.25) is 0 Å². The molecule has 0 N–H and O–H groups in total. The van der Waals surface area contributed by atoms with Crippen LogP contribution in [-0.4, -0.2) is 33.9 Å². The minimum atomic E-state index is 0.178. The molecule has 2 heterocycles. The number of hydrogen-bond acceptors (Lipinski definition) is 4. The zero-order valence-corrected chi connectivity index (χ0v) is 16.8. The third-order valence-corrected chi connectivity index (χ3v) is 6.04. The van der Waals surface area contributed by atoms with Crippen molar-refractivity contribution in [3.05, 3.63) is 83.4 Å². The maximum absolute atomic E-state index is 6.18. The minimum absolute atomic E-state index is 0.178. The molecule has 0 amide bonds. The number of methoxy groups -OCH3 is 1. The second-order valence-electron chi connectivity index (χ2n) is 7.71. The monoisotopic (exact) mass is 387 g/mol. The standard InChI is InChI=1S/C25H25NO3/c1-26-12-13-28-24-10-8-18(14-22(24)26)25-20-15-19(27-2)9-11-23(20)29-16-21(25)17-6-4-3-5-7-17/h3-11,14-15,21,25H,12-13,16H2,1-2H3. The molecule has 0 saturated carbocycles. The van der Waals surface area contributed by atoms with E-state index in [1.165, 1.54) is 16.7 Å². The van der Waals surface area contributed by atoms with Crippen LogP contribution in [0.3, 0.4) is 0 Å². The molecule has 2 aliphatic heterocycles. The van der Waals surface area contributed by atoms with E-state index in [1.54, 1.807) is 7.11 Å². The van der Waals surface area contributed by atoms with Crippen molar-refractivity contribution in [1.29, 1.82) is 0 Å². The average molecular weight is 387 g/mol. The molecule has 0 spiro atoms. The number of ether oxygens (including phenoxy) is 3. The smallest absolute Gasteiger partial charge is 0.142 e. The third kappa shape index (κ3) is 3.19. The second-order valence-corrected chi connectivity index (χ2v) is 7.71. The van der Waals surface area contributed by atoms with Gasteiger partial charge in [-0.15, -0.1) is 0 Å². The van der Waals surface area contributed by atoms with Gasteiger partial charge in [0.25, 0.3) is 0 Å². The van der Waals surface area contributed by atoms with E-state index in [2.05, 4.69) is 66.5 Å². The summed E-state index contributed by atoms with van der Waals surface area (Å²) in [6.45, 7) is 2.28. The Balaban J connectivity index is 1.67. The van der Waals surface area contributed by atoms with Gasteiger partial charge in [-0.2, -0.15) is 0 Å². The predicted octanol–water partition coefficient (Wildman–Crippen LogP) is 4.83. The lowest BCUT2D eigenvalue weighted by atomic mass is 9.75. The second kappa shape index (κ2) is 7.36. The summed E-state index contributed by atoms with van der Waals surface area (Å²) in [6.07, 6.45) is 0.